The third-order valence-electron chi connectivity index (χ3n) is 5.16. The fraction of sp³-hybridized carbons (Fsp3) is 0.588. The van der Waals surface area contributed by atoms with Crippen LogP contribution in [0.2, 0.25) is 0 Å². The number of carbonyl (C=O) groups excluding carboxylic acids is 1. The molecule has 0 bridgehead atoms. The van der Waals surface area contributed by atoms with Gasteiger partial charge in [-0.2, -0.15) is 0 Å². The lowest BCUT2D eigenvalue weighted by molar-refractivity contribution is 0.0849. The van der Waals surface area contributed by atoms with Crippen LogP contribution in [0, 0.1) is 5.41 Å². The summed E-state index contributed by atoms with van der Waals surface area (Å²) in [6, 6.07) is 7.36. The molecular weight excluding hydrogens is 262 g/mol. The summed E-state index contributed by atoms with van der Waals surface area (Å²) < 4.78 is 0. The van der Waals surface area contributed by atoms with Gasteiger partial charge in [-0.3, -0.25) is 0 Å². The lowest BCUT2D eigenvalue weighted by atomic mass is 9.68. The van der Waals surface area contributed by atoms with Crippen LogP contribution in [0.5, 0.6) is 0 Å². The van der Waals surface area contributed by atoms with Crippen molar-refractivity contribution in [3.05, 3.63) is 24.3 Å². The summed E-state index contributed by atoms with van der Waals surface area (Å²) >= 11 is 0. The Morgan fingerprint density at radius 3 is 2.48 bits per heavy atom. The number of nitrogens with two attached hydrogens (primary N) is 1. The molecule has 0 unspecified atom stereocenters. The molecule has 1 aliphatic carbocycles. The Morgan fingerprint density at radius 2 is 1.81 bits per heavy atom. The van der Waals surface area contributed by atoms with Crippen molar-refractivity contribution in [3.8, 4) is 0 Å². The Morgan fingerprint density at radius 1 is 1.10 bits per heavy atom. The Bertz CT molecular complexity index is 499. The molecule has 1 aromatic rings. The Labute approximate surface area is 126 Å². The number of benzene rings is 1. The third kappa shape index (κ3) is 3.31. The van der Waals surface area contributed by atoms with Crippen LogP contribution in [0.15, 0.2) is 24.3 Å². The summed E-state index contributed by atoms with van der Waals surface area (Å²) in [6.07, 6.45) is 9.18. The molecular formula is C17H25N3O. The minimum Gasteiger partial charge on any atom is -0.399 e. The first-order valence-electron chi connectivity index (χ1n) is 8.08. The molecule has 1 heterocycles. The van der Waals surface area contributed by atoms with E-state index in [0.717, 1.165) is 31.6 Å². The Kier molecular flexibility index (Phi) is 4.04. The molecule has 3 rings (SSSR count). The van der Waals surface area contributed by atoms with Crippen molar-refractivity contribution in [3.63, 3.8) is 0 Å². The molecule has 1 saturated carbocycles. The molecule has 1 saturated heterocycles. The maximum atomic E-state index is 12.3. The second-order valence-electron chi connectivity index (χ2n) is 6.60. The van der Waals surface area contributed by atoms with Crippen LogP contribution in [0.4, 0.5) is 16.2 Å². The highest BCUT2D eigenvalue weighted by atomic mass is 16.2. The molecule has 0 atom stereocenters. The van der Waals surface area contributed by atoms with E-state index in [1.807, 2.05) is 23.1 Å². The van der Waals surface area contributed by atoms with Gasteiger partial charge in [0.2, 0.25) is 0 Å². The van der Waals surface area contributed by atoms with Crippen LogP contribution in [0.1, 0.15) is 44.9 Å². The maximum Gasteiger partial charge on any atom is 0.321 e. The van der Waals surface area contributed by atoms with Crippen LogP contribution < -0.4 is 11.1 Å². The first-order chi connectivity index (χ1) is 10.2. The van der Waals surface area contributed by atoms with Crippen LogP contribution in [0.25, 0.3) is 0 Å². The van der Waals surface area contributed by atoms with Gasteiger partial charge < -0.3 is 16.0 Å². The Hall–Kier alpha value is -1.71. The highest BCUT2D eigenvalue weighted by molar-refractivity contribution is 5.89. The van der Waals surface area contributed by atoms with E-state index in [-0.39, 0.29) is 6.03 Å². The molecule has 1 aromatic carbocycles. The van der Waals surface area contributed by atoms with E-state index in [2.05, 4.69) is 5.32 Å². The highest BCUT2D eigenvalue weighted by Crippen LogP contribution is 2.44. The number of hydrogen-bond donors (Lipinski definition) is 2. The third-order valence-corrected chi connectivity index (χ3v) is 5.16. The van der Waals surface area contributed by atoms with Crippen molar-refractivity contribution in [2.45, 2.75) is 44.9 Å². The van der Waals surface area contributed by atoms with Crippen molar-refractivity contribution in [2.24, 2.45) is 5.41 Å². The molecule has 3 N–H and O–H groups in total. The topological polar surface area (TPSA) is 58.4 Å². The molecule has 1 aliphatic heterocycles. The van der Waals surface area contributed by atoms with Gasteiger partial charge in [-0.1, -0.05) is 25.3 Å². The van der Waals surface area contributed by atoms with E-state index in [4.69, 9.17) is 5.73 Å². The summed E-state index contributed by atoms with van der Waals surface area (Å²) in [4.78, 5) is 14.3. The second kappa shape index (κ2) is 5.96. The zero-order valence-corrected chi connectivity index (χ0v) is 12.6. The van der Waals surface area contributed by atoms with Crippen LogP contribution in [0.3, 0.4) is 0 Å². The van der Waals surface area contributed by atoms with E-state index in [9.17, 15) is 4.79 Å². The minimum atomic E-state index is 0.00580. The van der Waals surface area contributed by atoms with Gasteiger partial charge in [0.25, 0.3) is 0 Å². The van der Waals surface area contributed by atoms with E-state index >= 15 is 0 Å². The number of rotatable bonds is 1. The molecule has 4 heteroatoms. The number of likely N-dealkylation sites (tertiary alicyclic amines) is 1. The highest BCUT2D eigenvalue weighted by Gasteiger charge is 2.36. The normalized spacial score (nSPS) is 21.2. The van der Waals surface area contributed by atoms with Crippen molar-refractivity contribution >= 4 is 17.4 Å². The number of hydrogen-bond acceptors (Lipinski definition) is 2. The van der Waals surface area contributed by atoms with Crippen LogP contribution >= 0.6 is 0 Å². The summed E-state index contributed by atoms with van der Waals surface area (Å²) in [7, 11) is 0. The first-order valence-corrected chi connectivity index (χ1v) is 8.08. The molecule has 21 heavy (non-hydrogen) atoms. The maximum absolute atomic E-state index is 12.3. The van der Waals surface area contributed by atoms with Gasteiger partial charge in [0, 0.05) is 24.5 Å². The molecule has 2 fully saturated rings. The van der Waals surface area contributed by atoms with Crippen molar-refractivity contribution < 1.29 is 4.79 Å². The van der Waals surface area contributed by atoms with Crippen molar-refractivity contribution in [1.29, 1.82) is 0 Å². The molecule has 0 radical (unpaired) electrons. The number of nitrogen functional groups attached to an aromatic ring is 1. The molecule has 2 amide bonds. The average Bonchev–Trinajstić information content (AvgIpc) is 2.49. The van der Waals surface area contributed by atoms with E-state index in [0.29, 0.717) is 11.1 Å². The lowest BCUT2D eigenvalue weighted by Crippen LogP contribution is -2.45. The first kappa shape index (κ1) is 14.2. The average molecular weight is 287 g/mol. The van der Waals surface area contributed by atoms with Gasteiger partial charge in [-0.15, -0.1) is 0 Å². The number of carbonyl (C=O) groups is 1. The van der Waals surface area contributed by atoms with Crippen LogP contribution in [-0.4, -0.2) is 24.0 Å². The summed E-state index contributed by atoms with van der Waals surface area (Å²) in [5.41, 5.74) is 7.72. The molecule has 0 aromatic heterocycles. The minimum absolute atomic E-state index is 0.00580. The lowest BCUT2D eigenvalue weighted by Gasteiger charge is -2.44. The number of piperidine rings is 1. The zero-order chi connectivity index (χ0) is 14.7. The zero-order valence-electron chi connectivity index (χ0n) is 12.6. The molecule has 2 aliphatic rings. The number of anilines is 2. The van der Waals surface area contributed by atoms with Gasteiger partial charge in [0.1, 0.15) is 0 Å². The SMILES string of the molecule is Nc1cccc(NC(=O)N2CCC3(CCCCC3)CC2)c1. The molecule has 4 nitrogen and oxygen atoms in total. The summed E-state index contributed by atoms with van der Waals surface area (Å²) in [5, 5.41) is 2.95. The standard InChI is InChI=1S/C17H25N3O/c18-14-5-4-6-15(13-14)19-16(21)20-11-9-17(10-12-20)7-2-1-3-8-17/h4-6,13H,1-3,7-12,18H2,(H,19,21). The smallest absolute Gasteiger partial charge is 0.321 e. The molecule has 114 valence electrons. The van der Waals surface area contributed by atoms with Gasteiger partial charge in [0.15, 0.2) is 0 Å². The monoisotopic (exact) mass is 287 g/mol. The van der Waals surface area contributed by atoms with Crippen molar-refractivity contribution in [1.82, 2.24) is 4.90 Å². The second-order valence-corrected chi connectivity index (χ2v) is 6.60. The predicted molar refractivity (Wildman–Crippen MR) is 86.2 cm³/mol. The Balaban J connectivity index is 1.55. The number of nitrogens with one attached hydrogen (secondary N) is 1. The number of urea groups is 1. The van der Waals surface area contributed by atoms with Gasteiger partial charge in [0.05, 0.1) is 0 Å². The van der Waals surface area contributed by atoms with Crippen LogP contribution in [-0.2, 0) is 0 Å². The number of nitrogens with zero attached hydrogens (tertiary/aromatic N) is 1. The largest absolute Gasteiger partial charge is 0.399 e. The summed E-state index contributed by atoms with van der Waals surface area (Å²) in [5.74, 6) is 0. The van der Waals surface area contributed by atoms with E-state index in [1.165, 1.54) is 32.1 Å². The molecule has 1 spiro atoms. The summed E-state index contributed by atoms with van der Waals surface area (Å²) in [6.45, 7) is 1.77. The quantitative estimate of drug-likeness (QED) is 0.771. The fourth-order valence-corrected chi connectivity index (χ4v) is 3.80. The van der Waals surface area contributed by atoms with Crippen molar-refractivity contribution in [2.75, 3.05) is 24.1 Å². The van der Waals surface area contributed by atoms with Gasteiger partial charge in [-0.25, -0.2) is 4.79 Å². The number of amides is 2. The van der Waals surface area contributed by atoms with Gasteiger partial charge in [-0.05, 0) is 49.3 Å². The predicted octanol–water partition coefficient (Wildman–Crippen LogP) is 3.85. The van der Waals surface area contributed by atoms with E-state index < -0.39 is 0 Å². The van der Waals surface area contributed by atoms with E-state index in [1.54, 1.807) is 6.07 Å². The fourth-order valence-electron chi connectivity index (χ4n) is 3.80. The van der Waals surface area contributed by atoms with Gasteiger partial charge >= 0.3 is 6.03 Å².